The van der Waals surface area contributed by atoms with Crippen LogP contribution in [0.2, 0.25) is 0 Å². The normalized spacial score (nSPS) is 22.1. The molecule has 0 spiro atoms. The first kappa shape index (κ1) is 44.8. The zero-order valence-electron chi connectivity index (χ0n) is 33.2. The first-order valence-corrected chi connectivity index (χ1v) is 20.4. The van der Waals surface area contributed by atoms with Crippen molar-refractivity contribution in [2.45, 2.75) is 158 Å². The van der Waals surface area contributed by atoms with Gasteiger partial charge in [0.05, 0.1) is 0 Å². The SMILES string of the molecule is C=CC.CC1CCCCC1.CCCCCC(=O)O.CCCCCN=C(/C=C(\C)C1CCN(CC2CC(C)CC2C)CC1)Cc1ccccc1. The third-order valence-electron chi connectivity index (χ3n) is 10.6. The zero-order chi connectivity index (χ0) is 36.3. The summed E-state index contributed by atoms with van der Waals surface area (Å²) in [7, 11) is 0. The Hall–Kier alpha value is -2.20. The van der Waals surface area contributed by atoms with Crippen molar-refractivity contribution in [1.82, 2.24) is 4.90 Å². The summed E-state index contributed by atoms with van der Waals surface area (Å²) in [6.45, 7) is 24.0. The van der Waals surface area contributed by atoms with E-state index in [9.17, 15) is 4.79 Å². The van der Waals surface area contributed by atoms with Gasteiger partial charge in [0.15, 0.2) is 0 Å². The van der Waals surface area contributed by atoms with E-state index in [1.807, 2.05) is 6.92 Å². The lowest BCUT2D eigenvalue weighted by Gasteiger charge is -2.35. The van der Waals surface area contributed by atoms with E-state index < -0.39 is 5.97 Å². The van der Waals surface area contributed by atoms with Gasteiger partial charge in [0, 0.05) is 31.6 Å². The van der Waals surface area contributed by atoms with Gasteiger partial charge in [0.2, 0.25) is 0 Å². The highest BCUT2D eigenvalue weighted by Gasteiger charge is 2.31. The Bertz CT molecular complexity index is 1020. The smallest absolute Gasteiger partial charge is 0.303 e. The summed E-state index contributed by atoms with van der Waals surface area (Å²) in [5, 5.41) is 8.14. The van der Waals surface area contributed by atoms with Crippen LogP contribution in [-0.2, 0) is 11.2 Å². The number of carbonyl (C=O) groups is 1. The molecule has 0 bridgehead atoms. The number of benzene rings is 1. The van der Waals surface area contributed by atoms with Crippen LogP contribution in [0.4, 0.5) is 0 Å². The minimum absolute atomic E-state index is 0.327. The second kappa shape index (κ2) is 28.5. The van der Waals surface area contributed by atoms with E-state index in [1.165, 1.54) is 108 Å². The Morgan fingerprint density at radius 3 is 2.02 bits per heavy atom. The van der Waals surface area contributed by atoms with Crippen molar-refractivity contribution in [2.24, 2.45) is 34.6 Å². The Balaban J connectivity index is 0.000000542. The summed E-state index contributed by atoms with van der Waals surface area (Å²) < 4.78 is 0. The summed E-state index contributed by atoms with van der Waals surface area (Å²) in [4.78, 5) is 17.7. The number of nitrogens with zero attached hydrogens (tertiary/aromatic N) is 2. The van der Waals surface area contributed by atoms with Crippen molar-refractivity contribution < 1.29 is 9.90 Å². The fourth-order valence-electron chi connectivity index (χ4n) is 7.59. The first-order valence-electron chi connectivity index (χ1n) is 20.4. The van der Waals surface area contributed by atoms with Crippen LogP contribution < -0.4 is 0 Å². The minimum atomic E-state index is -0.682. The Morgan fingerprint density at radius 2 is 1.51 bits per heavy atom. The number of rotatable bonds is 14. The molecule has 3 aliphatic rings. The predicted octanol–water partition coefficient (Wildman–Crippen LogP) is 12.6. The topological polar surface area (TPSA) is 52.9 Å². The summed E-state index contributed by atoms with van der Waals surface area (Å²) in [5.41, 5.74) is 4.19. The highest BCUT2D eigenvalue weighted by atomic mass is 16.4. The van der Waals surface area contributed by atoms with Crippen LogP contribution in [0.15, 0.2) is 59.6 Å². The van der Waals surface area contributed by atoms with Gasteiger partial charge >= 0.3 is 5.97 Å². The highest BCUT2D eigenvalue weighted by Crippen LogP contribution is 2.37. The number of aliphatic imine (C=N–C) groups is 1. The molecule has 4 heteroatoms. The molecule has 3 fully saturated rings. The summed E-state index contributed by atoms with van der Waals surface area (Å²) in [6, 6.07) is 10.8. The lowest BCUT2D eigenvalue weighted by atomic mass is 9.88. The van der Waals surface area contributed by atoms with Crippen molar-refractivity contribution in [3.05, 3.63) is 60.2 Å². The predicted molar refractivity (Wildman–Crippen MR) is 216 cm³/mol. The van der Waals surface area contributed by atoms with Crippen molar-refractivity contribution in [2.75, 3.05) is 26.2 Å². The number of piperidine rings is 1. The Morgan fingerprint density at radius 1 is 0.898 bits per heavy atom. The molecule has 4 rings (SSSR count). The number of allylic oxidation sites excluding steroid dienone is 3. The molecule has 0 radical (unpaired) electrons. The third-order valence-corrected chi connectivity index (χ3v) is 10.6. The molecule has 0 aromatic heterocycles. The number of likely N-dealkylation sites (tertiary alicyclic amines) is 1. The van der Waals surface area contributed by atoms with E-state index in [-0.39, 0.29) is 0 Å². The largest absolute Gasteiger partial charge is 0.481 e. The fraction of sp³-hybridized carbons (Fsp3) is 0.733. The van der Waals surface area contributed by atoms with Gasteiger partial charge < -0.3 is 10.0 Å². The van der Waals surface area contributed by atoms with E-state index in [1.54, 1.807) is 11.6 Å². The molecule has 3 unspecified atom stereocenters. The maximum atomic E-state index is 9.87. The number of carboxylic acid groups (broad SMARTS) is 1. The molecule has 2 aliphatic carbocycles. The van der Waals surface area contributed by atoms with E-state index in [0.29, 0.717) is 6.42 Å². The quantitative estimate of drug-likeness (QED) is 0.121. The molecule has 49 heavy (non-hydrogen) atoms. The molecule has 1 aromatic carbocycles. The molecule has 4 nitrogen and oxygen atoms in total. The van der Waals surface area contributed by atoms with Crippen LogP contribution in [0.1, 0.15) is 157 Å². The molecule has 1 aromatic rings. The van der Waals surface area contributed by atoms with Crippen molar-refractivity contribution >= 4 is 11.7 Å². The maximum Gasteiger partial charge on any atom is 0.303 e. The molecule has 1 N–H and O–H groups in total. The number of carboxylic acids is 1. The van der Waals surface area contributed by atoms with Crippen LogP contribution in [0.25, 0.3) is 0 Å². The second-order valence-corrected chi connectivity index (χ2v) is 15.5. The average molecular weight is 679 g/mol. The maximum absolute atomic E-state index is 9.87. The molecule has 1 heterocycles. The number of hydrogen-bond acceptors (Lipinski definition) is 3. The van der Waals surface area contributed by atoms with Gasteiger partial charge in [0.1, 0.15) is 0 Å². The van der Waals surface area contributed by atoms with Crippen molar-refractivity contribution in [3.8, 4) is 0 Å². The minimum Gasteiger partial charge on any atom is -0.481 e. The lowest BCUT2D eigenvalue weighted by Crippen LogP contribution is -2.38. The van der Waals surface area contributed by atoms with Gasteiger partial charge in [-0.25, -0.2) is 0 Å². The van der Waals surface area contributed by atoms with Crippen LogP contribution >= 0.6 is 0 Å². The molecular formula is C45H78N2O2. The Labute approximate surface area is 304 Å². The van der Waals surface area contributed by atoms with Gasteiger partial charge in [-0.2, -0.15) is 0 Å². The van der Waals surface area contributed by atoms with E-state index >= 15 is 0 Å². The summed E-state index contributed by atoms with van der Waals surface area (Å²) in [5.74, 6) is 3.86. The molecule has 3 atom stereocenters. The molecule has 1 saturated heterocycles. The summed E-state index contributed by atoms with van der Waals surface area (Å²) in [6.07, 6.45) is 25.1. The molecule has 1 aliphatic heterocycles. The number of hydrogen-bond donors (Lipinski definition) is 1. The fourth-order valence-corrected chi connectivity index (χ4v) is 7.59. The van der Waals surface area contributed by atoms with Gasteiger partial charge in [-0.15, -0.1) is 6.58 Å². The standard InChI is InChI=1S/C29H46N2.C7H14.C6H12O2.C3H6/c1-5-6-10-15-30-29(21-26-11-8-7-9-12-26)20-25(4)27-13-16-31(17-14-27)22-28-19-23(2)18-24(28)3;1-7-5-3-2-4-6-7;1-2-3-4-5-6(7)8;1-3-2/h7-9,11-12,20,23-24,27-28H,5-6,10,13-19,21-22H2,1-4H3;7H,2-6H2,1H3;2-5H2,1H3,(H,7,8);3H,1H2,2H3/b25-20+,30-29?;;;. The zero-order valence-corrected chi connectivity index (χ0v) is 33.2. The monoisotopic (exact) mass is 679 g/mol. The number of unbranched alkanes of at least 4 members (excludes halogenated alkanes) is 4. The van der Waals surface area contributed by atoms with Gasteiger partial charge in [-0.1, -0.05) is 134 Å². The summed E-state index contributed by atoms with van der Waals surface area (Å²) >= 11 is 0. The van der Waals surface area contributed by atoms with Crippen LogP contribution in [0.5, 0.6) is 0 Å². The van der Waals surface area contributed by atoms with Gasteiger partial charge in [0.25, 0.3) is 0 Å². The van der Waals surface area contributed by atoms with Crippen LogP contribution in [-0.4, -0.2) is 47.9 Å². The lowest BCUT2D eigenvalue weighted by molar-refractivity contribution is -0.137. The van der Waals surface area contributed by atoms with Crippen molar-refractivity contribution in [3.63, 3.8) is 0 Å². The number of aliphatic carboxylic acids is 1. The molecular weight excluding hydrogens is 601 g/mol. The molecule has 280 valence electrons. The first-order chi connectivity index (χ1) is 23.6. The molecule has 0 amide bonds. The van der Waals surface area contributed by atoms with E-state index in [2.05, 4.69) is 89.4 Å². The van der Waals surface area contributed by atoms with Crippen LogP contribution in [0, 0.1) is 29.6 Å². The Kier molecular flexibility index (Phi) is 26.1. The second-order valence-electron chi connectivity index (χ2n) is 15.5. The third kappa shape index (κ3) is 22.3. The molecule has 2 saturated carbocycles. The van der Waals surface area contributed by atoms with Gasteiger partial charge in [-0.3, -0.25) is 9.79 Å². The van der Waals surface area contributed by atoms with Crippen LogP contribution in [0.3, 0.4) is 0 Å². The average Bonchev–Trinajstić information content (AvgIpc) is 3.40. The van der Waals surface area contributed by atoms with Crippen molar-refractivity contribution in [1.29, 1.82) is 0 Å². The van der Waals surface area contributed by atoms with E-state index in [0.717, 1.165) is 61.8 Å². The van der Waals surface area contributed by atoms with E-state index in [4.69, 9.17) is 10.1 Å². The highest BCUT2D eigenvalue weighted by molar-refractivity contribution is 5.97. The van der Waals surface area contributed by atoms with Gasteiger partial charge in [-0.05, 0) is 107 Å².